The Bertz CT molecular complexity index is 311. The molecule has 2 fully saturated rings. The van der Waals surface area contributed by atoms with E-state index in [1.54, 1.807) is 0 Å². The molecule has 1 saturated heterocycles. The van der Waals surface area contributed by atoms with Gasteiger partial charge in [-0.15, -0.1) is 12.4 Å². The standard InChI is InChI=1S/C14H26N2O2.ClH/c1-11(2)14(3-4-14)10-16-12(17)13(9-15)5-7-18-8-6-13;/h11H,3-10,15H2,1-2H3,(H,16,17);1H. The van der Waals surface area contributed by atoms with E-state index in [2.05, 4.69) is 19.2 Å². The molecule has 0 aromatic heterocycles. The lowest BCUT2D eigenvalue weighted by atomic mass is 9.79. The van der Waals surface area contributed by atoms with Crippen LogP contribution in [0.25, 0.3) is 0 Å². The predicted molar refractivity (Wildman–Crippen MR) is 78.3 cm³/mol. The van der Waals surface area contributed by atoms with Gasteiger partial charge in [-0.2, -0.15) is 0 Å². The molecule has 0 bridgehead atoms. The Labute approximate surface area is 122 Å². The van der Waals surface area contributed by atoms with Crippen LogP contribution in [0.1, 0.15) is 39.5 Å². The second-order valence-corrected chi connectivity index (χ2v) is 6.30. The normalized spacial score (nSPS) is 23.6. The summed E-state index contributed by atoms with van der Waals surface area (Å²) in [5, 5.41) is 3.15. The van der Waals surface area contributed by atoms with Gasteiger partial charge in [-0.1, -0.05) is 13.8 Å². The van der Waals surface area contributed by atoms with Gasteiger partial charge in [0.05, 0.1) is 5.41 Å². The predicted octanol–water partition coefficient (Wildman–Crippen LogP) is 1.72. The number of hydrogen-bond donors (Lipinski definition) is 2. The summed E-state index contributed by atoms with van der Waals surface area (Å²) in [5.41, 5.74) is 5.81. The van der Waals surface area contributed by atoms with E-state index < -0.39 is 0 Å². The number of amides is 1. The van der Waals surface area contributed by atoms with Crippen molar-refractivity contribution in [1.29, 1.82) is 0 Å². The number of halogens is 1. The molecule has 1 saturated carbocycles. The summed E-state index contributed by atoms with van der Waals surface area (Å²) in [6.45, 7) is 7.03. The lowest BCUT2D eigenvalue weighted by Gasteiger charge is -2.35. The summed E-state index contributed by atoms with van der Waals surface area (Å²) in [4.78, 5) is 12.4. The second kappa shape index (κ2) is 6.42. The van der Waals surface area contributed by atoms with Crippen molar-refractivity contribution in [2.75, 3.05) is 26.3 Å². The van der Waals surface area contributed by atoms with E-state index >= 15 is 0 Å². The Balaban J connectivity index is 0.00000180. The third-order valence-electron chi connectivity index (χ3n) is 5.04. The summed E-state index contributed by atoms with van der Waals surface area (Å²) in [6, 6.07) is 0. The van der Waals surface area contributed by atoms with Crippen LogP contribution >= 0.6 is 12.4 Å². The highest BCUT2D eigenvalue weighted by molar-refractivity contribution is 5.85. The summed E-state index contributed by atoms with van der Waals surface area (Å²) in [6.07, 6.45) is 3.99. The maximum absolute atomic E-state index is 12.4. The van der Waals surface area contributed by atoms with E-state index in [0.29, 0.717) is 31.1 Å². The number of carbonyl (C=O) groups excluding carboxylic acids is 1. The molecular weight excluding hydrogens is 264 g/mol. The number of ether oxygens (including phenoxy) is 1. The molecule has 0 aromatic rings. The quantitative estimate of drug-likeness (QED) is 0.810. The second-order valence-electron chi connectivity index (χ2n) is 6.30. The molecule has 19 heavy (non-hydrogen) atoms. The van der Waals surface area contributed by atoms with Crippen LogP contribution in [0.2, 0.25) is 0 Å². The zero-order valence-corrected chi connectivity index (χ0v) is 12.9. The lowest BCUT2D eigenvalue weighted by molar-refractivity contribution is -0.136. The third-order valence-corrected chi connectivity index (χ3v) is 5.04. The maximum atomic E-state index is 12.4. The van der Waals surface area contributed by atoms with Crippen molar-refractivity contribution in [1.82, 2.24) is 5.32 Å². The summed E-state index contributed by atoms with van der Waals surface area (Å²) >= 11 is 0. The number of rotatable bonds is 5. The highest BCUT2D eigenvalue weighted by atomic mass is 35.5. The van der Waals surface area contributed by atoms with Crippen molar-refractivity contribution in [2.45, 2.75) is 39.5 Å². The van der Waals surface area contributed by atoms with Crippen LogP contribution in [0.3, 0.4) is 0 Å². The number of hydrogen-bond acceptors (Lipinski definition) is 3. The molecule has 0 spiro atoms. The van der Waals surface area contributed by atoms with Crippen molar-refractivity contribution in [3.63, 3.8) is 0 Å². The first kappa shape index (κ1) is 16.7. The Hall–Kier alpha value is -0.320. The van der Waals surface area contributed by atoms with Gasteiger partial charge in [0.15, 0.2) is 0 Å². The average molecular weight is 291 g/mol. The fraction of sp³-hybridized carbons (Fsp3) is 0.929. The molecule has 0 unspecified atom stereocenters. The van der Waals surface area contributed by atoms with Crippen LogP contribution in [0.5, 0.6) is 0 Å². The molecule has 1 amide bonds. The SMILES string of the molecule is CC(C)C1(CNC(=O)C2(CN)CCOCC2)CC1.Cl. The molecule has 0 radical (unpaired) electrons. The van der Waals surface area contributed by atoms with Crippen molar-refractivity contribution in [2.24, 2.45) is 22.5 Å². The molecule has 2 rings (SSSR count). The molecule has 1 aliphatic heterocycles. The molecular formula is C14H27ClN2O2. The van der Waals surface area contributed by atoms with Crippen molar-refractivity contribution in [3.8, 4) is 0 Å². The Kier molecular flexibility index (Phi) is 5.65. The largest absolute Gasteiger partial charge is 0.381 e. The first-order chi connectivity index (χ1) is 8.55. The van der Waals surface area contributed by atoms with E-state index in [9.17, 15) is 4.79 Å². The van der Waals surface area contributed by atoms with Crippen LogP contribution in [0.15, 0.2) is 0 Å². The van der Waals surface area contributed by atoms with Gasteiger partial charge < -0.3 is 15.8 Å². The first-order valence-electron chi connectivity index (χ1n) is 7.11. The Morgan fingerprint density at radius 2 is 1.84 bits per heavy atom. The highest BCUT2D eigenvalue weighted by Crippen LogP contribution is 2.51. The van der Waals surface area contributed by atoms with Crippen LogP contribution < -0.4 is 11.1 Å². The van der Waals surface area contributed by atoms with Gasteiger partial charge in [0.2, 0.25) is 5.91 Å². The Morgan fingerprint density at radius 1 is 1.26 bits per heavy atom. The summed E-state index contributed by atoms with van der Waals surface area (Å²) in [5.74, 6) is 0.779. The number of nitrogens with two attached hydrogens (primary N) is 1. The van der Waals surface area contributed by atoms with Gasteiger partial charge in [0.25, 0.3) is 0 Å². The van der Waals surface area contributed by atoms with Crippen LogP contribution in [-0.2, 0) is 9.53 Å². The Morgan fingerprint density at radius 3 is 2.26 bits per heavy atom. The smallest absolute Gasteiger partial charge is 0.227 e. The van der Waals surface area contributed by atoms with E-state index in [4.69, 9.17) is 10.5 Å². The third kappa shape index (κ3) is 3.41. The van der Waals surface area contributed by atoms with Crippen LogP contribution in [0.4, 0.5) is 0 Å². The topological polar surface area (TPSA) is 64.4 Å². The van der Waals surface area contributed by atoms with E-state index in [0.717, 1.165) is 19.4 Å². The van der Waals surface area contributed by atoms with Crippen LogP contribution in [0, 0.1) is 16.7 Å². The first-order valence-corrected chi connectivity index (χ1v) is 7.11. The van der Waals surface area contributed by atoms with E-state index in [-0.39, 0.29) is 23.7 Å². The van der Waals surface area contributed by atoms with E-state index in [1.165, 1.54) is 12.8 Å². The molecule has 112 valence electrons. The minimum atomic E-state index is -0.384. The molecule has 0 atom stereocenters. The number of nitrogens with one attached hydrogen (secondary N) is 1. The molecule has 4 nitrogen and oxygen atoms in total. The fourth-order valence-corrected chi connectivity index (χ4v) is 2.85. The zero-order valence-electron chi connectivity index (χ0n) is 12.0. The van der Waals surface area contributed by atoms with Gasteiger partial charge in [0.1, 0.15) is 0 Å². The number of carbonyl (C=O) groups is 1. The minimum absolute atomic E-state index is 0. The molecule has 1 heterocycles. The molecule has 5 heteroatoms. The van der Waals surface area contributed by atoms with Crippen molar-refractivity contribution < 1.29 is 9.53 Å². The highest BCUT2D eigenvalue weighted by Gasteiger charge is 2.47. The summed E-state index contributed by atoms with van der Waals surface area (Å²) < 4.78 is 5.34. The zero-order chi connectivity index (χ0) is 13.2. The minimum Gasteiger partial charge on any atom is -0.381 e. The van der Waals surface area contributed by atoms with Crippen molar-refractivity contribution in [3.05, 3.63) is 0 Å². The summed E-state index contributed by atoms with van der Waals surface area (Å²) in [7, 11) is 0. The molecule has 1 aliphatic carbocycles. The lowest BCUT2D eigenvalue weighted by Crippen LogP contribution is -2.50. The van der Waals surface area contributed by atoms with E-state index in [1.807, 2.05) is 0 Å². The maximum Gasteiger partial charge on any atom is 0.227 e. The molecule has 3 N–H and O–H groups in total. The van der Waals surface area contributed by atoms with Crippen molar-refractivity contribution >= 4 is 18.3 Å². The molecule has 0 aromatic carbocycles. The van der Waals surface area contributed by atoms with Gasteiger partial charge in [-0.05, 0) is 37.0 Å². The molecule has 2 aliphatic rings. The monoisotopic (exact) mass is 290 g/mol. The fourth-order valence-electron chi connectivity index (χ4n) is 2.85. The van der Waals surface area contributed by atoms with Gasteiger partial charge in [-0.25, -0.2) is 0 Å². The van der Waals surface area contributed by atoms with Gasteiger partial charge in [0, 0.05) is 26.3 Å². The van der Waals surface area contributed by atoms with Gasteiger partial charge >= 0.3 is 0 Å². The van der Waals surface area contributed by atoms with Crippen LogP contribution in [-0.4, -0.2) is 32.2 Å². The average Bonchev–Trinajstić information content (AvgIpc) is 3.18. The van der Waals surface area contributed by atoms with Gasteiger partial charge in [-0.3, -0.25) is 4.79 Å².